The fourth-order valence-electron chi connectivity index (χ4n) is 17.9. The summed E-state index contributed by atoms with van der Waals surface area (Å²) in [6.07, 6.45) is 0. The lowest BCUT2D eigenvalue weighted by atomic mass is 9.33. The van der Waals surface area contributed by atoms with Crippen LogP contribution in [0, 0.1) is 0 Å². The number of hydrogen-bond acceptors (Lipinski definition) is 5. The number of aromatic nitrogens is 1. The maximum absolute atomic E-state index is 6.57. The molecule has 0 spiro atoms. The van der Waals surface area contributed by atoms with Gasteiger partial charge in [0.25, 0.3) is 13.4 Å². The van der Waals surface area contributed by atoms with Crippen molar-refractivity contribution in [3.8, 4) is 50.2 Å². The molecular weight excluding hydrogens is 1260 g/mol. The molecular formula is C96H61B2N5O. The van der Waals surface area contributed by atoms with Crippen LogP contribution in [-0.4, -0.2) is 18.0 Å². The van der Waals surface area contributed by atoms with Crippen LogP contribution < -0.4 is 52.4 Å². The highest BCUT2D eigenvalue weighted by Crippen LogP contribution is 2.50. The molecule has 0 aliphatic carbocycles. The summed E-state index contributed by atoms with van der Waals surface area (Å²) in [6.45, 7) is -0.0625. The number of hydrogen-bond donors (Lipinski definition) is 0. The molecule has 2 aromatic heterocycles. The number of nitrogens with zero attached hydrogens (tertiary/aromatic N) is 5. The zero-order chi connectivity index (χ0) is 68.1. The second-order valence-corrected chi connectivity index (χ2v) is 27.8. The van der Waals surface area contributed by atoms with Crippen LogP contribution >= 0.6 is 0 Å². The molecule has 0 bridgehead atoms. The Morgan fingerprint density at radius 3 is 1.13 bits per heavy atom. The van der Waals surface area contributed by atoms with Gasteiger partial charge in [0.2, 0.25) is 0 Å². The predicted molar refractivity (Wildman–Crippen MR) is 438 cm³/mol. The second-order valence-electron chi connectivity index (χ2n) is 27.8. The van der Waals surface area contributed by atoms with Crippen molar-refractivity contribution >= 4 is 158 Å². The van der Waals surface area contributed by atoms with Crippen LogP contribution in [0.3, 0.4) is 0 Å². The summed E-state index contributed by atoms with van der Waals surface area (Å²) in [5.74, 6) is 0. The first-order chi connectivity index (χ1) is 51.6. The maximum Gasteiger partial charge on any atom is 0.252 e. The largest absolute Gasteiger partial charge is 0.455 e. The number of para-hydroxylation sites is 10. The Morgan fingerprint density at radius 2 is 0.606 bits per heavy atom. The van der Waals surface area contributed by atoms with E-state index in [0.29, 0.717) is 0 Å². The van der Waals surface area contributed by atoms with Gasteiger partial charge in [-0.1, -0.05) is 243 Å². The van der Waals surface area contributed by atoms with Crippen molar-refractivity contribution in [1.29, 1.82) is 0 Å². The quantitative estimate of drug-likeness (QED) is 0.134. The monoisotopic (exact) mass is 1320 g/mol. The van der Waals surface area contributed by atoms with Crippen molar-refractivity contribution in [2.24, 2.45) is 0 Å². The number of anilines is 12. The molecule has 6 heterocycles. The average Bonchev–Trinajstić information content (AvgIpc) is 1.03. The summed E-state index contributed by atoms with van der Waals surface area (Å²) in [7, 11) is 0. The molecule has 8 heteroatoms. The van der Waals surface area contributed by atoms with E-state index in [4.69, 9.17) is 4.42 Å². The molecule has 0 radical (unpaired) electrons. The van der Waals surface area contributed by atoms with Crippen molar-refractivity contribution in [3.05, 3.63) is 370 Å². The van der Waals surface area contributed by atoms with Gasteiger partial charge in [0, 0.05) is 101 Å². The van der Waals surface area contributed by atoms with Crippen LogP contribution in [-0.2, 0) is 0 Å². The van der Waals surface area contributed by atoms with Gasteiger partial charge in [-0.05, 0) is 199 Å². The molecule has 18 aromatic rings. The summed E-state index contributed by atoms with van der Waals surface area (Å²) in [5, 5.41) is 4.68. The number of rotatable bonds is 9. The third-order valence-corrected chi connectivity index (χ3v) is 22.3. The third-order valence-electron chi connectivity index (χ3n) is 22.3. The van der Waals surface area contributed by atoms with Gasteiger partial charge in [-0.3, -0.25) is 0 Å². The zero-order valence-electron chi connectivity index (χ0n) is 56.5. The first-order valence-electron chi connectivity index (χ1n) is 36.0. The minimum atomic E-state index is -0.101. The molecule has 6 nitrogen and oxygen atoms in total. The van der Waals surface area contributed by atoms with Crippen LogP contribution in [0.1, 0.15) is 0 Å². The van der Waals surface area contributed by atoms with Crippen molar-refractivity contribution in [2.45, 2.75) is 0 Å². The Hall–Kier alpha value is -13.6. The Balaban J connectivity index is 0.689. The van der Waals surface area contributed by atoms with Gasteiger partial charge < -0.3 is 28.6 Å². The van der Waals surface area contributed by atoms with Crippen molar-refractivity contribution < 1.29 is 4.42 Å². The SMILES string of the molecule is c1ccc(N2c3ccccc3B3c4ccccc4N(c4ccccc4)c4cc(-c5ccc(-n6c7ccccc7c7c(-c8ccc9c(c8)B8c%10ccccc%10N(c%10ccccc%10)c%10cc(-c%11ccc(-c%12cccc%13c%12oc%12ccccc%12%13)cc%11)cc(c%108)N9c8ccccc8)cccc76)cc5)cc2c43)cc1. The second kappa shape index (κ2) is 23.0. The molecule has 4 aliphatic rings. The molecule has 104 heavy (non-hydrogen) atoms. The topological polar surface area (TPSA) is 31.0 Å². The van der Waals surface area contributed by atoms with Crippen molar-refractivity contribution in [2.75, 3.05) is 19.6 Å². The van der Waals surface area contributed by atoms with E-state index in [2.05, 4.69) is 388 Å². The van der Waals surface area contributed by atoms with Gasteiger partial charge in [0.1, 0.15) is 11.2 Å². The van der Waals surface area contributed by atoms with E-state index in [9.17, 15) is 0 Å². The molecule has 0 N–H and O–H groups in total. The van der Waals surface area contributed by atoms with E-state index in [-0.39, 0.29) is 13.4 Å². The highest BCUT2D eigenvalue weighted by molar-refractivity contribution is 7.01. The van der Waals surface area contributed by atoms with Crippen LogP contribution in [0.4, 0.5) is 68.2 Å². The van der Waals surface area contributed by atoms with Crippen molar-refractivity contribution in [1.82, 2.24) is 4.57 Å². The predicted octanol–water partition coefficient (Wildman–Crippen LogP) is 21.5. The summed E-state index contributed by atoms with van der Waals surface area (Å²) in [5.41, 5.74) is 35.9. The van der Waals surface area contributed by atoms with Gasteiger partial charge in [0.15, 0.2) is 0 Å². The minimum absolute atomic E-state index is 0.0387. The number of furan rings is 1. The Labute approximate surface area is 603 Å². The van der Waals surface area contributed by atoms with E-state index in [1.165, 1.54) is 83.1 Å². The summed E-state index contributed by atoms with van der Waals surface area (Å²) in [6, 6.07) is 137. The first kappa shape index (κ1) is 58.3. The lowest BCUT2D eigenvalue weighted by Crippen LogP contribution is -2.61. The van der Waals surface area contributed by atoms with Gasteiger partial charge in [0.05, 0.1) is 11.0 Å². The van der Waals surface area contributed by atoms with E-state index >= 15 is 0 Å². The summed E-state index contributed by atoms with van der Waals surface area (Å²) in [4.78, 5) is 10.0. The standard InChI is InChI=1S/C96H61B2N5O/c1-5-25-68(26-6-1)100-83-42-19-15-38-78(83)97-79-39-16-20-43-84(79)101(69-27-7-2-8-28-69)89-61-67(60-88(100)94(89)97)63-51-54-72(55-52-63)99-82-41-18-13-34-77(82)93-73(35-24-45-87(93)99)65-53-56-86-81(57-65)98-80-40-17-21-44-85(80)102(70-29-9-3-10-30-70)90-58-66(59-91(95(90)98)103(86)71-31-11-4-12-32-71)62-47-49-64(50-48-62)74-36-23-37-76-75-33-14-22-46-92(75)104-96(74)76/h1-61H. The average molecular weight is 1320 g/mol. The maximum atomic E-state index is 6.57. The van der Waals surface area contributed by atoms with Crippen LogP contribution in [0.5, 0.6) is 0 Å². The lowest BCUT2D eigenvalue weighted by molar-refractivity contribution is 0.670. The molecule has 0 fully saturated rings. The molecule has 0 unspecified atom stereocenters. The lowest BCUT2D eigenvalue weighted by Gasteiger charge is -2.44. The van der Waals surface area contributed by atoms with Crippen LogP contribution in [0.15, 0.2) is 374 Å². The molecule has 22 rings (SSSR count). The molecule has 4 aliphatic heterocycles. The van der Waals surface area contributed by atoms with Gasteiger partial charge in [-0.2, -0.15) is 0 Å². The minimum Gasteiger partial charge on any atom is -0.455 e. The summed E-state index contributed by atoms with van der Waals surface area (Å²) < 4.78 is 9.04. The van der Waals surface area contributed by atoms with Crippen LogP contribution in [0.25, 0.3) is 93.9 Å². The normalized spacial score (nSPS) is 13.1. The Kier molecular flexibility index (Phi) is 12.9. The van der Waals surface area contributed by atoms with Crippen molar-refractivity contribution in [3.63, 3.8) is 0 Å². The van der Waals surface area contributed by atoms with E-state index in [1.807, 2.05) is 6.07 Å². The molecule has 482 valence electrons. The first-order valence-corrected chi connectivity index (χ1v) is 36.0. The molecule has 16 aromatic carbocycles. The van der Waals surface area contributed by atoms with E-state index in [1.54, 1.807) is 0 Å². The Bertz CT molecular complexity index is 6380. The smallest absolute Gasteiger partial charge is 0.252 e. The zero-order valence-corrected chi connectivity index (χ0v) is 56.5. The number of benzene rings is 16. The van der Waals surface area contributed by atoms with Crippen LogP contribution in [0.2, 0.25) is 0 Å². The third kappa shape index (κ3) is 8.72. The fourth-order valence-corrected chi connectivity index (χ4v) is 17.9. The molecule has 0 atom stereocenters. The van der Waals surface area contributed by atoms with Gasteiger partial charge >= 0.3 is 0 Å². The van der Waals surface area contributed by atoms with Gasteiger partial charge in [-0.25, -0.2) is 0 Å². The van der Waals surface area contributed by atoms with E-state index < -0.39 is 0 Å². The van der Waals surface area contributed by atoms with Gasteiger partial charge in [-0.15, -0.1) is 0 Å². The van der Waals surface area contributed by atoms with E-state index in [0.717, 1.165) is 112 Å². The highest BCUT2D eigenvalue weighted by atomic mass is 16.3. The molecule has 0 amide bonds. The summed E-state index contributed by atoms with van der Waals surface area (Å²) >= 11 is 0. The fraction of sp³-hybridized carbons (Fsp3) is 0. The Morgan fingerprint density at radius 1 is 0.221 bits per heavy atom. The molecule has 0 saturated carbocycles. The number of fused-ring (bicyclic) bond motifs is 14. The highest BCUT2D eigenvalue weighted by Gasteiger charge is 2.46. The molecule has 0 saturated heterocycles.